The fraction of sp³-hybridized carbons (Fsp3) is 0.520. The zero-order valence-electron chi connectivity index (χ0n) is 19.7. The SMILES string of the molecule is CC(C)(C)n1ccc(N2C[C@@]3(CCC[C@](C)(Cn4cnc5ccc(C#N)cc54)C3)OC2=O)n1. The van der Waals surface area contributed by atoms with Gasteiger partial charge in [0.2, 0.25) is 0 Å². The standard InChI is InChI=1S/C25H30N6O2/c1-23(2,3)31-11-8-21(28-31)30-16-25(33-22(30)32)10-5-9-24(4,14-25)15-29-17-27-19-7-6-18(13-26)12-20(19)29/h6-8,11-12,17H,5,9-10,14-16H2,1-4H3/t24-,25-/m0/s1. The number of anilines is 1. The van der Waals surface area contributed by atoms with E-state index in [-0.39, 0.29) is 17.0 Å². The van der Waals surface area contributed by atoms with E-state index in [0.29, 0.717) is 17.9 Å². The summed E-state index contributed by atoms with van der Waals surface area (Å²) in [6.07, 6.45) is 7.12. The van der Waals surface area contributed by atoms with Crippen LogP contribution in [-0.2, 0) is 16.8 Å². The Bertz CT molecular complexity index is 1260. The molecular formula is C25H30N6O2. The monoisotopic (exact) mass is 446 g/mol. The molecule has 5 rings (SSSR count). The highest BCUT2D eigenvalue weighted by Gasteiger charge is 2.52. The molecule has 1 saturated carbocycles. The van der Waals surface area contributed by atoms with E-state index < -0.39 is 5.60 Å². The first-order chi connectivity index (χ1) is 15.6. The highest BCUT2D eigenvalue weighted by molar-refractivity contribution is 5.89. The Labute approximate surface area is 193 Å². The van der Waals surface area contributed by atoms with Crippen molar-refractivity contribution in [3.8, 4) is 6.07 Å². The van der Waals surface area contributed by atoms with Gasteiger partial charge in [-0.1, -0.05) is 6.92 Å². The number of nitrogens with zero attached hydrogens (tertiary/aromatic N) is 6. The van der Waals surface area contributed by atoms with Crippen molar-refractivity contribution in [2.24, 2.45) is 5.41 Å². The second kappa shape index (κ2) is 7.34. The van der Waals surface area contributed by atoms with Crippen LogP contribution in [0.3, 0.4) is 0 Å². The van der Waals surface area contributed by atoms with Crippen molar-refractivity contribution in [3.63, 3.8) is 0 Å². The van der Waals surface area contributed by atoms with E-state index in [9.17, 15) is 10.1 Å². The molecule has 0 N–H and O–H groups in total. The first-order valence-corrected chi connectivity index (χ1v) is 11.5. The maximum atomic E-state index is 12.9. The topological polar surface area (TPSA) is 89.0 Å². The van der Waals surface area contributed by atoms with Crippen molar-refractivity contribution in [3.05, 3.63) is 42.4 Å². The van der Waals surface area contributed by atoms with Gasteiger partial charge in [-0.3, -0.25) is 9.58 Å². The number of fused-ring (bicyclic) bond motifs is 1. The molecule has 1 spiro atoms. The Kier molecular flexibility index (Phi) is 4.78. The predicted molar refractivity (Wildman–Crippen MR) is 125 cm³/mol. The minimum atomic E-state index is -0.510. The van der Waals surface area contributed by atoms with Gasteiger partial charge in [-0.05, 0) is 70.1 Å². The zero-order valence-corrected chi connectivity index (χ0v) is 19.7. The Morgan fingerprint density at radius 1 is 1.24 bits per heavy atom. The molecule has 1 aromatic carbocycles. The molecule has 3 heterocycles. The molecule has 3 aromatic rings. The van der Waals surface area contributed by atoms with E-state index in [1.807, 2.05) is 35.4 Å². The van der Waals surface area contributed by atoms with Crippen LogP contribution in [0.1, 0.15) is 58.9 Å². The maximum Gasteiger partial charge on any atom is 0.416 e. The van der Waals surface area contributed by atoms with Gasteiger partial charge in [0.15, 0.2) is 5.82 Å². The second-order valence-corrected chi connectivity index (χ2v) is 11.0. The number of benzene rings is 1. The van der Waals surface area contributed by atoms with Gasteiger partial charge in [0.25, 0.3) is 0 Å². The van der Waals surface area contributed by atoms with Crippen molar-refractivity contribution in [1.29, 1.82) is 5.26 Å². The third-order valence-electron chi connectivity index (χ3n) is 6.97. The molecule has 8 nitrogen and oxygen atoms in total. The van der Waals surface area contributed by atoms with E-state index >= 15 is 0 Å². The smallest absolute Gasteiger partial charge is 0.416 e. The minimum Gasteiger partial charge on any atom is -0.441 e. The number of rotatable bonds is 3. The zero-order chi connectivity index (χ0) is 23.4. The fourth-order valence-electron chi connectivity index (χ4n) is 5.44. The molecule has 0 unspecified atom stereocenters. The summed E-state index contributed by atoms with van der Waals surface area (Å²) in [5.74, 6) is 0.642. The Morgan fingerprint density at radius 3 is 2.79 bits per heavy atom. The lowest BCUT2D eigenvalue weighted by Crippen LogP contribution is -2.45. The molecule has 1 amide bonds. The number of amides is 1. The van der Waals surface area contributed by atoms with Crippen molar-refractivity contribution in [2.45, 2.75) is 71.1 Å². The summed E-state index contributed by atoms with van der Waals surface area (Å²) >= 11 is 0. The summed E-state index contributed by atoms with van der Waals surface area (Å²) in [5.41, 5.74) is 1.76. The van der Waals surface area contributed by atoms with Crippen LogP contribution >= 0.6 is 0 Å². The van der Waals surface area contributed by atoms with Gasteiger partial charge in [-0.15, -0.1) is 0 Å². The molecule has 2 aliphatic rings. The third kappa shape index (κ3) is 3.86. The summed E-state index contributed by atoms with van der Waals surface area (Å²) in [6.45, 7) is 9.79. The van der Waals surface area contributed by atoms with E-state index in [1.165, 1.54) is 0 Å². The molecule has 1 saturated heterocycles. The van der Waals surface area contributed by atoms with Crippen molar-refractivity contribution in [2.75, 3.05) is 11.4 Å². The number of carbonyl (C=O) groups excluding carboxylic acids is 1. The van der Waals surface area contributed by atoms with Crippen LogP contribution in [0.2, 0.25) is 0 Å². The molecular weight excluding hydrogens is 416 g/mol. The largest absolute Gasteiger partial charge is 0.441 e. The molecule has 1 aliphatic heterocycles. The van der Waals surface area contributed by atoms with Gasteiger partial charge in [0, 0.05) is 18.8 Å². The van der Waals surface area contributed by atoms with Gasteiger partial charge in [0.1, 0.15) is 5.60 Å². The molecule has 8 heteroatoms. The number of carbonyl (C=O) groups is 1. The lowest BCUT2D eigenvalue weighted by atomic mass is 9.68. The summed E-state index contributed by atoms with van der Waals surface area (Å²) in [7, 11) is 0. The summed E-state index contributed by atoms with van der Waals surface area (Å²) in [5, 5.41) is 13.9. The highest BCUT2D eigenvalue weighted by atomic mass is 16.6. The van der Waals surface area contributed by atoms with Crippen LogP contribution in [0.4, 0.5) is 10.6 Å². The lowest BCUT2D eigenvalue weighted by Gasteiger charge is -2.43. The first-order valence-electron chi connectivity index (χ1n) is 11.5. The first kappa shape index (κ1) is 21.5. The number of hydrogen-bond donors (Lipinski definition) is 0. The molecule has 0 radical (unpaired) electrons. The van der Waals surface area contributed by atoms with Gasteiger partial charge in [0.05, 0.1) is 41.1 Å². The van der Waals surface area contributed by atoms with Gasteiger partial charge in [-0.2, -0.15) is 10.4 Å². The summed E-state index contributed by atoms with van der Waals surface area (Å²) in [6, 6.07) is 9.68. The molecule has 2 fully saturated rings. The molecule has 33 heavy (non-hydrogen) atoms. The van der Waals surface area contributed by atoms with Crippen molar-refractivity contribution < 1.29 is 9.53 Å². The average Bonchev–Trinajstić information content (AvgIpc) is 3.45. The van der Waals surface area contributed by atoms with E-state index in [4.69, 9.17) is 4.74 Å². The second-order valence-electron chi connectivity index (χ2n) is 11.0. The number of imidazole rings is 1. The highest BCUT2D eigenvalue weighted by Crippen LogP contribution is 2.47. The number of ether oxygens (including phenoxy) is 1. The van der Waals surface area contributed by atoms with E-state index in [1.54, 1.807) is 11.0 Å². The van der Waals surface area contributed by atoms with Crippen LogP contribution < -0.4 is 4.90 Å². The van der Waals surface area contributed by atoms with Crippen molar-refractivity contribution in [1.82, 2.24) is 19.3 Å². The molecule has 172 valence electrons. The quantitative estimate of drug-likeness (QED) is 0.575. The van der Waals surface area contributed by atoms with Gasteiger partial charge in [-0.25, -0.2) is 9.78 Å². The molecule has 2 atom stereocenters. The molecule has 0 bridgehead atoms. The Hall–Kier alpha value is -3.34. The average molecular weight is 447 g/mol. The van der Waals surface area contributed by atoms with Crippen LogP contribution in [0.15, 0.2) is 36.8 Å². The molecule has 2 aromatic heterocycles. The van der Waals surface area contributed by atoms with Gasteiger partial charge >= 0.3 is 6.09 Å². The van der Waals surface area contributed by atoms with Gasteiger partial charge < -0.3 is 9.30 Å². The minimum absolute atomic E-state index is 0.0599. The maximum absolute atomic E-state index is 12.9. The third-order valence-corrected chi connectivity index (χ3v) is 6.97. The Morgan fingerprint density at radius 2 is 2.06 bits per heavy atom. The fourth-order valence-corrected chi connectivity index (χ4v) is 5.44. The van der Waals surface area contributed by atoms with E-state index in [2.05, 4.69) is 48.4 Å². The predicted octanol–water partition coefficient (Wildman–Crippen LogP) is 4.84. The summed E-state index contributed by atoms with van der Waals surface area (Å²) in [4.78, 5) is 19.1. The summed E-state index contributed by atoms with van der Waals surface area (Å²) < 4.78 is 10.1. The van der Waals surface area contributed by atoms with Crippen molar-refractivity contribution >= 4 is 22.9 Å². The van der Waals surface area contributed by atoms with E-state index in [0.717, 1.165) is 43.3 Å². The number of hydrogen-bond acceptors (Lipinski definition) is 5. The number of nitriles is 1. The van der Waals surface area contributed by atoms with Crippen LogP contribution in [-0.4, -0.2) is 37.6 Å². The Balaban J connectivity index is 1.38. The molecule has 1 aliphatic carbocycles. The van der Waals surface area contributed by atoms with Crippen LogP contribution in [0, 0.1) is 16.7 Å². The normalized spacial score (nSPS) is 25.5. The lowest BCUT2D eigenvalue weighted by molar-refractivity contribution is -0.0264. The van der Waals surface area contributed by atoms with Crippen LogP contribution in [0.25, 0.3) is 11.0 Å². The number of aromatic nitrogens is 4. The van der Waals surface area contributed by atoms with Crippen LogP contribution in [0.5, 0.6) is 0 Å².